The first kappa shape index (κ1) is 23.5. The number of nitrogens with two attached hydrogens (primary N) is 1. The minimum Gasteiger partial charge on any atom is -0.383 e. The zero-order valence-electron chi connectivity index (χ0n) is 18.7. The van der Waals surface area contributed by atoms with E-state index in [2.05, 4.69) is 9.97 Å². The van der Waals surface area contributed by atoms with Gasteiger partial charge >= 0.3 is 5.69 Å². The van der Waals surface area contributed by atoms with E-state index >= 15 is 0 Å². The Labute approximate surface area is 191 Å². The summed E-state index contributed by atoms with van der Waals surface area (Å²) in [5, 5.41) is 1.25. The van der Waals surface area contributed by atoms with Crippen LogP contribution in [0.15, 0.2) is 33.9 Å². The molecule has 0 aliphatic carbocycles. The first-order valence-electron chi connectivity index (χ1n) is 10.6. The van der Waals surface area contributed by atoms with Crippen molar-refractivity contribution >= 4 is 39.9 Å². The van der Waals surface area contributed by atoms with Crippen molar-refractivity contribution in [2.24, 2.45) is 5.92 Å². The zero-order chi connectivity index (χ0) is 23.6. The van der Waals surface area contributed by atoms with Crippen molar-refractivity contribution in [1.29, 1.82) is 0 Å². The normalized spacial score (nSPS) is 11.3. The molecule has 0 radical (unpaired) electrons. The van der Waals surface area contributed by atoms with Crippen LogP contribution in [0.5, 0.6) is 0 Å². The van der Waals surface area contributed by atoms with Crippen LogP contribution in [0.1, 0.15) is 49.7 Å². The van der Waals surface area contributed by atoms with Gasteiger partial charge in [-0.2, -0.15) is 0 Å². The summed E-state index contributed by atoms with van der Waals surface area (Å²) in [5.41, 5.74) is 6.56. The van der Waals surface area contributed by atoms with Crippen LogP contribution in [0.2, 0.25) is 5.02 Å². The van der Waals surface area contributed by atoms with Crippen LogP contribution >= 0.6 is 11.6 Å². The SMILES string of the molecule is CCCCn1c(N)c(N(CC(C)C)C(=O)c2cc3cc(Cl)ccc3nc2C)c(=O)[nH]c1=O. The van der Waals surface area contributed by atoms with E-state index in [1.54, 1.807) is 31.2 Å². The molecule has 0 fully saturated rings. The summed E-state index contributed by atoms with van der Waals surface area (Å²) in [4.78, 5) is 47.0. The lowest BCUT2D eigenvalue weighted by atomic mass is 10.1. The minimum atomic E-state index is -0.691. The first-order valence-corrected chi connectivity index (χ1v) is 11.0. The highest BCUT2D eigenvalue weighted by atomic mass is 35.5. The summed E-state index contributed by atoms with van der Waals surface area (Å²) in [6.45, 7) is 8.19. The van der Waals surface area contributed by atoms with E-state index in [0.717, 1.165) is 6.42 Å². The maximum Gasteiger partial charge on any atom is 0.330 e. The van der Waals surface area contributed by atoms with Crippen molar-refractivity contribution in [3.8, 4) is 0 Å². The van der Waals surface area contributed by atoms with Gasteiger partial charge < -0.3 is 10.6 Å². The fraction of sp³-hybridized carbons (Fsp3) is 0.391. The second kappa shape index (κ2) is 9.56. The number of nitrogens with one attached hydrogen (secondary N) is 1. The van der Waals surface area contributed by atoms with Crippen LogP contribution in [0, 0.1) is 12.8 Å². The Morgan fingerprint density at radius 2 is 2.00 bits per heavy atom. The number of benzene rings is 1. The first-order chi connectivity index (χ1) is 15.1. The van der Waals surface area contributed by atoms with E-state index in [9.17, 15) is 14.4 Å². The molecule has 32 heavy (non-hydrogen) atoms. The van der Waals surface area contributed by atoms with Crippen molar-refractivity contribution in [3.05, 3.63) is 61.4 Å². The summed E-state index contributed by atoms with van der Waals surface area (Å²) >= 11 is 6.12. The molecule has 0 aliphatic rings. The summed E-state index contributed by atoms with van der Waals surface area (Å²) in [6, 6.07) is 6.98. The van der Waals surface area contributed by atoms with Crippen molar-refractivity contribution in [2.45, 2.75) is 47.1 Å². The van der Waals surface area contributed by atoms with Gasteiger partial charge in [-0.3, -0.25) is 24.1 Å². The van der Waals surface area contributed by atoms with Crippen LogP contribution in [0.3, 0.4) is 0 Å². The molecule has 3 aromatic rings. The van der Waals surface area contributed by atoms with E-state index < -0.39 is 17.2 Å². The van der Waals surface area contributed by atoms with E-state index in [1.807, 2.05) is 20.8 Å². The van der Waals surface area contributed by atoms with E-state index in [1.165, 1.54) is 9.47 Å². The topological polar surface area (TPSA) is 114 Å². The van der Waals surface area contributed by atoms with Crippen molar-refractivity contribution in [3.63, 3.8) is 0 Å². The number of aryl methyl sites for hydroxylation is 1. The highest BCUT2D eigenvalue weighted by molar-refractivity contribution is 6.31. The number of carbonyl (C=O) groups is 1. The molecule has 2 heterocycles. The molecular formula is C23H28ClN5O3. The number of amides is 1. The predicted octanol–water partition coefficient (Wildman–Crippen LogP) is 3.73. The standard InChI is InChI=1S/C23H28ClN5O3/c1-5-6-9-28-20(25)19(21(30)27-23(28)32)29(12-13(2)3)22(31)17-11-15-10-16(24)7-8-18(15)26-14(17)4/h7-8,10-11,13H,5-6,9,12,25H2,1-4H3,(H,27,30,32). The number of carbonyl (C=O) groups excluding carboxylic acids is 1. The Kier molecular flexibility index (Phi) is 7.03. The number of hydrogen-bond donors (Lipinski definition) is 2. The van der Waals surface area contributed by atoms with Crippen molar-refractivity contribution in [2.75, 3.05) is 17.2 Å². The van der Waals surface area contributed by atoms with Crippen LogP contribution in [0.4, 0.5) is 11.5 Å². The Balaban J connectivity index is 2.19. The number of H-pyrrole nitrogens is 1. The van der Waals surface area contributed by atoms with Gasteiger partial charge in [0.1, 0.15) is 5.82 Å². The predicted molar refractivity (Wildman–Crippen MR) is 129 cm³/mol. The van der Waals surface area contributed by atoms with Gasteiger partial charge in [0.25, 0.3) is 11.5 Å². The minimum absolute atomic E-state index is 0.0179. The molecule has 0 saturated carbocycles. The maximum atomic E-state index is 13.7. The maximum absolute atomic E-state index is 13.7. The summed E-state index contributed by atoms with van der Waals surface area (Å²) in [7, 11) is 0. The average Bonchev–Trinajstić information content (AvgIpc) is 2.71. The number of aromatic amines is 1. The lowest BCUT2D eigenvalue weighted by molar-refractivity contribution is 0.0982. The van der Waals surface area contributed by atoms with Gasteiger partial charge in [-0.15, -0.1) is 0 Å². The molecule has 8 nitrogen and oxygen atoms in total. The number of rotatable bonds is 7. The highest BCUT2D eigenvalue weighted by Gasteiger charge is 2.27. The lowest BCUT2D eigenvalue weighted by Crippen LogP contribution is -2.43. The lowest BCUT2D eigenvalue weighted by Gasteiger charge is -2.26. The van der Waals surface area contributed by atoms with E-state index in [-0.39, 0.29) is 24.0 Å². The number of hydrogen-bond acceptors (Lipinski definition) is 5. The number of pyridine rings is 1. The Morgan fingerprint density at radius 1 is 1.28 bits per heavy atom. The number of aromatic nitrogens is 3. The Bertz CT molecular complexity index is 1280. The Hall–Kier alpha value is -3.13. The number of fused-ring (bicyclic) bond motifs is 1. The molecule has 0 spiro atoms. The van der Waals surface area contributed by atoms with E-state index in [4.69, 9.17) is 17.3 Å². The molecule has 0 bridgehead atoms. The molecule has 0 unspecified atom stereocenters. The number of anilines is 2. The summed E-state index contributed by atoms with van der Waals surface area (Å²) in [6.07, 6.45) is 1.56. The molecule has 170 valence electrons. The van der Waals surface area contributed by atoms with Gasteiger partial charge in [0.15, 0.2) is 5.69 Å². The second-order valence-corrected chi connectivity index (χ2v) is 8.70. The van der Waals surface area contributed by atoms with Gasteiger partial charge in [0, 0.05) is 23.5 Å². The van der Waals surface area contributed by atoms with Crippen molar-refractivity contribution < 1.29 is 4.79 Å². The highest BCUT2D eigenvalue weighted by Crippen LogP contribution is 2.25. The number of nitrogens with zero attached hydrogens (tertiary/aromatic N) is 3. The van der Waals surface area contributed by atoms with Crippen molar-refractivity contribution in [1.82, 2.24) is 14.5 Å². The molecule has 3 N–H and O–H groups in total. The molecular weight excluding hydrogens is 430 g/mol. The second-order valence-electron chi connectivity index (χ2n) is 8.27. The van der Waals surface area contributed by atoms with Gasteiger partial charge in [-0.1, -0.05) is 38.8 Å². The molecule has 1 aromatic carbocycles. The number of nitrogen functional groups attached to an aromatic ring is 1. The third-order valence-electron chi connectivity index (χ3n) is 5.21. The van der Waals surface area contributed by atoms with Gasteiger partial charge in [0.05, 0.1) is 16.8 Å². The fourth-order valence-electron chi connectivity index (χ4n) is 3.62. The smallest absolute Gasteiger partial charge is 0.330 e. The van der Waals surface area contributed by atoms with Crippen LogP contribution in [-0.2, 0) is 6.54 Å². The average molecular weight is 458 g/mol. The van der Waals surface area contributed by atoms with Gasteiger partial charge in [0.2, 0.25) is 0 Å². The third-order valence-corrected chi connectivity index (χ3v) is 5.45. The van der Waals surface area contributed by atoms with Gasteiger partial charge in [-0.05, 0) is 43.5 Å². The summed E-state index contributed by atoms with van der Waals surface area (Å²) in [5.74, 6) is -0.393. The molecule has 0 atom stereocenters. The van der Waals surface area contributed by atoms with Gasteiger partial charge in [-0.25, -0.2) is 4.79 Å². The number of halogens is 1. The van der Waals surface area contributed by atoms with E-state index in [0.29, 0.717) is 40.1 Å². The molecule has 0 saturated heterocycles. The third kappa shape index (κ3) is 4.70. The summed E-state index contributed by atoms with van der Waals surface area (Å²) < 4.78 is 1.31. The quantitative estimate of drug-likeness (QED) is 0.561. The van der Waals surface area contributed by atoms with Crippen LogP contribution < -0.4 is 21.9 Å². The molecule has 1 amide bonds. The monoisotopic (exact) mass is 457 g/mol. The van der Waals surface area contributed by atoms with Crippen LogP contribution in [0.25, 0.3) is 10.9 Å². The number of unbranched alkanes of at least 4 members (excludes halogenated alkanes) is 1. The Morgan fingerprint density at radius 3 is 2.66 bits per heavy atom. The zero-order valence-corrected chi connectivity index (χ0v) is 19.5. The largest absolute Gasteiger partial charge is 0.383 e. The van der Waals surface area contributed by atoms with Crippen LogP contribution in [-0.4, -0.2) is 27.0 Å². The fourth-order valence-corrected chi connectivity index (χ4v) is 3.80. The molecule has 3 rings (SSSR count). The molecule has 0 aliphatic heterocycles. The molecule has 9 heteroatoms. The molecule has 2 aromatic heterocycles.